The molecule has 0 saturated carbocycles. The summed E-state index contributed by atoms with van der Waals surface area (Å²) in [7, 11) is 1.81. The second-order valence-electron chi connectivity index (χ2n) is 8.07. The van der Waals surface area contributed by atoms with E-state index in [9.17, 15) is 4.39 Å². The van der Waals surface area contributed by atoms with Crippen molar-refractivity contribution < 1.29 is 13.9 Å². The van der Waals surface area contributed by atoms with Gasteiger partial charge in [0.05, 0.1) is 18.8 Å². The van der Waals surface area contributed by atoms with Gasteiger partial charge in [-0.2, -0.15) is 0 Å². The van der Waals surface area contributed by atoms with Gasteiger partial charge in [0.15, 0.2) is 5.96 Å². The van der Waals surface area contributed by atoms with E-state index >= 15 is 0 Å². The molecular formula is C24H30FN3O2. The third-order valence-electron chi connectivity index (χ3n) is 5.88. The summed E-state index contributed by atoms with van der Waals surface area (Å²) < 4.78 is 25.4. The van der Waals surface area contributed by atoms with Crippen LogP contribution >= 0.6 is 0 Å². The molecule has 2 saturated heterocycles. The fourth-order valence-electron chi connectivity index (χ4n) is 4.39. The van der Waals surface area contributed by atoms with Crippen LogP contribution in [0.1, 0.15) is 36.7 Å². The maximum atomic E-state index is 13.3. The summed E-state index contributed by atoms with van der Waals surface area (Å²) in [5.74, 6) is 1.04. The SMILES string of the molecule is CN=C(NCC1CCOC1c1ccccc1)N1CC(C)OC(c2ccc(F)cc2)C1. The van der Waals surface area contributed by atoms with Gasteiger partial charge in [0.1, 0.15) is 11.9 Å². The number of hydrogen-bond acceptors (Lipinski definition) is 3. The van der Waals surface area contributed by atoms with Gasteiger partial charge in [-0.3, -0.25) is 4.99 Å². The summed E-state index contributed by atoms with van der Waals surface area (Å²) in [6, 6.07) is 17.0. The number of guanidine groups is 1. The highest BCUT2D eigenvalue weighted by Crippen LogP contribution is 2.34. The Bertz CT molecular complexity index is 843. The number of morpholine rings is 1. The van der Waals surface area contributed by atoms with Crippen LogP contribution in [-0.2, 0) is 9.47 Å². The Labute approximate surface area is 177 Å². The molecule has 0 spiro atoms. The van der Waals surface area contributed by atoms with Gasteiger partial charge in [-0.05, 0) is 36.6 Å². The molecule has 5 nitrogen and oxygen atoms in total. The summed E-state index contributed by atoms with van der Waals surface area (Å²) in [6.45, 7) is 5.09. The van der Waals surface area contributed by atoms with Crippen LogP contribution in [0.25, 0.3) is 0 Å². The van der Waals surface area contributed by atoms with Crippen molar-refractivity contribution in [2.75, 3.05) is 33.3 Å². The van der Waals surface area contributed by atoms with Crippen molar-refractivity contribution in [1.29, 1.82) is 0 Å². The average Bonchev–Trinajstić information content (AvgIpc) is 3.23. The van der Waals surface area contributed by atoms with Crippen LogP contribution in [0, 0.1) is 11.7 Å². The van der Waals surface area contributed by atoms with Crippen LogP contribution in [0.3, 0.4) is 0 Å². The molecule has 160 valence electrons. The molecule has 0 aromatic heterocycles. The number of halogens is 1. The van der Waals surface area contributed by atoms with E-state index in [2.05, 4.69) is 46.4 Å². The molecule has 2 aliphatic heterocycles. The second kappa shape index (κ2) is 9.58. The third-order valence-corrected chi connectivity index (χ3v) is 5.88. The predicted octanol–water partition coefficient (Wildman–Crippen LogP) is 3.94. The fourth-order valence-corrected chi connectivity index (χ4v) is 4.39. The van der Waals surface area contributed by atoms with Gasteiger partial charge < -0.3 is 19.7 Å². The number of hydrogen-bond donors (Lipinski definition) is 1. The van der Waals surface area contributed by atoms with E-state index in [0.717, 1.165) is 37.6 Å². The molecule has 2 aromatic carbocycles. The van der Waals surface area contributed by atoms with Gasteiger partial charge in [0, 0.05) is 32.7 Å². The molecule has 2 heterocycles. The van der Waals surface area contributed by atoms with Crippen LogP contribution in [0.4, 0.5) is 4.39 Å². The molecule has 0 radical (unpaired) electrons. The summed E-state index contributed by atoms with van der Waals surface area (Å²) in [5, 5.41) is 3.56. The van der Waals surface area contributed by atoms with Crippen molar-refractivity contribution in [1.82, 2.24) is 10.2 Å². The number of nitrogens with one attached hydrogen (secondary N) is 1. The van der Waals surface area contributed by atoms with Crippen LogP contribution in [0.15, 0.2) is 59.6 Å². The Morgan fingerprint density at radius 1 is 1.10 bits per heavy atom. The van der Waals surface area contributed by atoms with Gasteiger partial charge in [0.2, 0.25) is 0 Å². The summed E-state index contributed by atoms with van der Waals surface area (Å²) >= 11 is 0. The molecule has 4 atom stereocenters. The lowest BCUT2D eigenvalue weighted by Gasteiger charge is -2.39. The number of rotatable bonds is 4. The largest absolute Gasteiger partial charge is 0.373 e. The Morgan fingerprint density at radius 3 is 2.60 bits per heavy atom. The molecular weight excluding hydrogens is 381 g/mol. The minimum atomic E-state index is -0.233. The van der Waals surface area contributed by atoms with E-state index in [1.807, 2.05) is 13.1 Å². The molecule has 4 rings (SSSR count). The number of benzene rings is 2. The minimum absolute atomic E-state index is 0.0548. The summed E-state index contributed by atoms with van der Waals surface area (Å²) in [5.41, 5.74) is 2.21. The van der Waals surface area contributed by atoms with Gasteiger partial charge >= 0.3 is 0 Å². The molecule has 2 aliphatic rings. The Kier molecular flexibility index (Phi) is 6.65. The van der Waals surface area contributed by atoms with Crippen LogP contribution < -0.4 is 5.32 Å². The van der Waals surface area contributed by atoms with E-state index in [1.165, 1.54) is 17.7 Å². The first-order valence-corrected chi connectivity index (χ1v) is 10.7. The molecule has 0 aliphatic carbocycles. The van der Waals surface area contributed by atoms with E-state index in [0.29, 0.717) is 12.5 Å². The van der Waals surface area contributed by atoms with E-state index in [-0.39, 0.29) is 24.1 Å². The maximum absolute atomic E-state index is 13.3. The zero-order valence-corrected chi connectivity index (χ0v) is 17.6. The molecule has 6 heteroatoms. The minimum Gasteiger partial charge on any atom is -0.373 e. The van der Waals surface area contributed by atoms with Crippen LogP contribution in [-0.4, -0.2) is 50.3 Å². The van der Waals surface area contributed by atoms with Crippen LogP contribution in [0.2, 0.25) is 0 Å². The molecule has 0 amide bonds. The summed E-state index contributed by atoms with van der Waals surface area (Å²) in [6.07, 6.45) is 1.09. The van der Waals surface area contributed by atoms with Crippen molar-refractivity contribution in [2.24, 2.45) is 10.9 Å². The van der Waals surface area contributed by atoms with Crippen molar-refractivity contribution in [2.45, 2.75) is 31.7 Å². The second-order valence-corrected chi connectivity index (χ2v) is 8.07. The first-order valence-electron chi connectivity index (χ1n) is 10.7. The zero-order valence-electron chi connectivity index (χ0n) is 17.6. The molecule has 0 bridgehead atoms. The average molecular weight is 412 g/mol. The van der Waals surface area contributed by atoms with Crippen molar-refractivity contribution in [3.8, 4) is 0 Å². The fraction of sp³-hybridized carbons (Fsp3) is 0.458. The van der Waals surface area contributed by atoms with Crippen molar-refractivity contribution >= 4 is 5.96 Å². The highest BCUT2D eigenvalue weighted by Gasteiger charge is 2.32. The van der Waals surface area contributed by atoms with Crippen molar-refractivity contribution in [3.63, 3.8) is 0 Å². The smallest absolute Gasteiger partial charge is 0.193 e. The lowest BCUT2D eigenvalue weighted by molar-refractivity contribution is -0.0605. The first-order chi connectivity index (χ1) is 14.6. The number of nitrogens with zero attached hydrogens (tertiary/aromatic N) is 2. The third kappa shape index (κ3) is 4.82. The zero-order chi connectivity index (χ0) is 20.9. The normalized spacial score (nSPS) is 27.3. The topological polar surface area (TPSA) is 46.1 Å². The van der Waals surface area contributed by atoms with Gasteiger partial charge in [0.25, 0.3) is 0 Å². The molecule has 4 unspecified atom stereocenters. The highest BCUT2D eigenvalue weighted by atomic mass is 19.1. The molecule has 1 N–H and O–H groups in total. The number of aliphatic imine (C=N–C) groups is 1. The Hall–Kier alpha value is -2.44. The molecule has 2 fully saturated rings. The Morgan fingerprint density at radius 2 is 1.87 bits per heavy atom. The van der Waals surface area contributed by atoms with Crippen LogP contribution in [0.5, 0.6) is 0 Å². The van der Waals surface area contributed by atoms with E-state index in [1.54, 1.807) is 12.1 Å². The predicted molar refractivity (Wildman–Crippen MR) is 116 cm³/mol. The molecule has 30 heavy (non-hydrogen) atoms. The summed E-state index contributed by atoms with van der Waals surface area (Å²) in [4.78, 5) is 6.75. The Balaban J connectivity index is 1.40. The quantitative estimate of drug-likeness (QED) is 0.612. The monoisotopic (exact) mass is 411 g/mol. The van der Waals surface area contributed by atoms with Gasteiger partial charge in [-0.15, -0.1) is 0 Å². The maximum Gasteiger partial charge on any atom is 0.193 e. The van der Waals surface area contributed by atoms with Gasteiger partial charge in [-0.1, -0.05) is 42.5 Å². The highest BCUT2D eigenvalue weighted by molar-refractivity contribution is 5.80. The standard InChI is InChI=1S/C24H30FN3O2/c1-17-15-28(16-22(30-17)18-8-10-21(25)11-9-18)24(26-2)27-14-20-12-13-29-23(20)19-6-4-3-5-7-19/h3-11,17,20,22-23H,12-16H2,1-2H3,(H,26,27). The van der Waals surface area contributed by atoms with Gasteiger partial charge in [-0.25, -0.2) is 4.39 Å². The van der Waals surface area contributed by atoms with E-state index < -0.39 is 0 Å². The number of ether oxygens (including phenoxy) is 2. The van der Waals surface area contributed by atoms with Crippen molar-refractivity contribution in [3.05, 3.63) is 71.5 Å². The van der Waals surface area contributed by atoms with E-state index in [4.69, 9.17) is 9.47 Å². The lowest BCUT2D eigenvalue weighted by Crippen LogP contribution is -2.51. The molecule has 2 aromatic rings. The first kappa shape index (κ1) is 20.8. The lowest BCUT2D eigenvalue weighted by atomic mass is 9.95.